The van der Waals surface area contributed by atoms with Gasteiger partial charge in [0.1, 0.15) is 12.2 Å². The molecule has 1 heterocycles. The second kappa shape index (κ2) is 5.78. The zero-order valence-electron chi connectivity index (χ0n) is 11.8. The van der Waals surface area contributed by atoms with Crippen molar-refractivity contribution in [1.29, 1.82) is 0 Å². The average molecular weight is 292 g/mol. The highest BCUT2D eigenvalue weighted by atomic mass is 16.6. The minimum Gasteiger partial charge on any atom is -0.383 e. The molecule has 0 radical (unpaired) electrons. The van der Waals surface area contributed by atoms with E-state index in [-0.39, 0.29) is 37.1 Å². The Balaban J connectivity index is 2.18. The van der Waals surface area contributed by atoms with Crippen LogP contribution in [0.1, 0.15) is 5.56 Å². The first-order valence-corrected chi connectivity index (χ1v) is 6.39. The number of nitrogens with zero attached hydrogens (tertiary/aromatic N) is 3. The van der Waals surface area contributed by atoms with E-state index in [0.29, 0.717) is 5.69 Å². The lowest BCUT2D eigenvalue weighted by molar-refractivity contribution is -0.384. The van der Waals surface area contributed by atoms with Crippen LogP contribution in [0.5, 0.6) is 0 Å². The SMILES string of the molecule is CNc1cc(CN2CC(=O)N(C)CC2=O)ccc1[N+](=O)[O-]. The van der Waals surface area contributed by atoms with Crippen LogP contribution in [-0.2, 0) is 16.1 Å². The molecule has 1 N–H and O–H groups in total. The van der Waals surface area contributed by atoms with E-state index in [2.05, 4.69) is 5.32 Å². The number of carbonyl (C=O) groups excluding carboxylic acids is 2. The Bertz CT molecular complexity index is 602. The fourth-order valence-electron chi connectivity index (χ4n) is 2.17. The normalized spacial score (nSPS) is 15.3. The van der Waals surface area contributed by atoms with Gasteiger partial charge in [-0.05, 0) is 11.6 Å². The van der Waals surface area contributed by atoms with Gasteiger partial charge in [-0.15, -0.1) is 0 Å². The Kier molecular flexibility index (Phi) is 4.06. The van der Waals surface area contributed by atoms with Crippen LogP contribution in [-0.4, -0.2) is 53.7 Å². The Morgan fingerprint density at radius 2 is 2.00 bits per heavy atom. The molecule has 1 saturated heterocycles. The third-order valence-corrected chi connectivity index (χ3v) is 3.38. The van der Waals surface area contributed by atoms with E-state index in [1.54, 1.807) is 26.2 Å². The molecule has 0 saturated carbocycles. The van der Waals surface area contributed by atoms with Crippen molar-refractivity contribution in [2.24, 2.45) is 0 Å². The van der Waals surface area contributed by atoms with Gasteiger partial charge in [0.05, 0.1) is 11.5 Å². The minimum absolute atomic E-state index is 0.0259. The largest absolute Gasteiger partial charge is 0.383 e. The quantitative estimate of drug-likeness (QED) is 0.641. The summed E-state index contributed by atoms with van der Waals surface area (Å²) in [6.45, 7) is 0.344. The van der Waals surface area contributed by atoms with Crippen LogP contribution >= 0.6 is 0 Å². The van der Waals surface area contributed by atoms with Crippen LogP contribution in [0, 0.1) is 10.1 Å². The highest BCUT2D eigenvalue weighted by Crippen LogP contribution is 2.25. The van der Waals surface area contributed by atoms with Gasteiger partial charge in [0, 0.05) is 26.7 Å². The highest BCUT2D eigenvalue weighted by Gasteiger charge is 2.27. The van der Waals surface area contributed by atoms with E-state index in [4.69, 9.17) is 0 Å². The maximum absolute atomic E-state index is 11.9. The molecule has 1 aliphatic rings. The number of amides is 2. The summed E-state index contributed by atoms with van der Waals surface area (Å²) in [5, 5.41) is 13.6. The van der Waals surface area contributed by atoms with Crippen molar-refractivity contribution in [3.05, 3.63) is 33.9 Å². The zero-order valence-corrected chi connectivity index (χ0v) is 11.8. The number of anilines is 1. The van der Waals surface area contributed by atoms with E-state index in [1.165, 1.54) is 15.9 Å². The number of piperazine rings is 1. The summed E-state index contributed by atoms with van der Waals surface area (Å²) in [6, 6.07) is 4.60. The predicted octanol–water partition coefficient (Wildman–Crippen LogP) is 0.437. The molecule has 0 bridgehead atoms. The molecular weight excluding hydrogens is 276 g/mol. The van der Waals surface area contributed by atoms with E-state index in [9.17, 15) is 19.7 Å². The fraction of sp³-hybridized carbons (Fsp3) is 0.385. The van der Waals surface area contributed by atoms with Crippen LogP contribution in [0.15, 0.2) is 18.2 Å². The molecule has 21 heavy (non-hydrogen) atoms. The molecule has 0 atom stereocenters. The summed E-state index contributed by atoms with van der Waals surface area (Å²) in [5.74, 6) is -0.258. The van der Waals surface area contributed by atoms with E-state index < -0.39 is 4.92 Å². The fourth-order valence-corrected chi connectivity index (χ4v) is 2.17. The van der Waals surface area contributed by atoms with Crippen LogP contribution < -0.4 is 5.32 Å². The lowest BCUT2D eigenvalue weighted by Gasteiger charge is -2.31. The van der Waals surface area contributed by atoms with Crippen LogP contribution in [0.2, 0.25) is 0 Å². The topological polar surface area (TPSA) is 95.8 Å². The van der Waals surface area contributed by atoms with Gasteiger partial charge in [0.25, 0.3) is 5.69 Å². The summed E-state index contributed by atoms with van der Waals surface area (Å²) in [7, 11) is 3.18. The van der Waals surface area contributed by atoms with Crippen molar-refractivity contribution in [3.63, 3.8) is 0 Å². The van der Waals surface area contributed by atoms with Crippen LogP contribution in [0.3, 0.4) is 0 Å². The van der Waals surface area contributed by atoms with Gasteiger partial charge in [-0.2, -0.15) is 0 Å². The average Bonchev–Trinajstić information content (AvgIpc) is 2.44. The molecule has 0 spiro atoms. The first-order chi connectivity index (χ1) is 9.92. The maximum Gasteiger partial charge on any atom is 0.292 e. The third-order valence-electron chi connectivity index (χ3n) is 3.38. The molecule has 0 aliphatic carbocycles. The lowest BCUT2D eigenvalue weighted by atomic mass is 10.1. The molecule has 1 aliphatic heterocycles. The van der Waals surface area contributed by atoms with Crippen molar-refractivity contribution >= 4 is 23.2 Å². The Labute approximate surface area is 121 Å². The number of hydrogen-bond acceptors (Lipinski definition) is 5. The monoisotopic (exact) mass is 292 g/mol. The van der Waals surface area contributed by atoms with Gasteiger partial charge in [-0.25, -0.2) is 0 Å². The molecule has 2 rings (SSSR count). The van der Waals surface area contributed by atoms with Crippen molar-refractivity contribution < 1.29 is 14.5 Å². The van der Waals surface area contributed by atoms with E-state index in [0.717, 1.165) is 5.56 Å². The van der Waals surface area contributed by atoms with Crippen LogP contribution in [0.25, 0.3) is 0 Å². The van der Waals surface area contributed by atoms with Gasteiger partial charge >= 0.3 is 0 Å². The highest BCUT2D eigenvalue weighted by molar-refractivity contribution is 5.92. The summed E-state index contributed by atoms with van der Waals surface area (Å²) in [5.41, 5.74) is 1.09. The molecule has 1 aromatic carbocycles. The minimum atomic E-state index is -0.472. The third kappa shape index (κ3) is 3.10. The number of nitrogens with one attached hydrogen (secondary N) is 1. The molecular formula is C13H16N4O4. The zero-order chi connectivity index (χ0) is 15.6. The van der Waals surface area contributed by atoms with Gasteiger partial charge in [-0.3, -0.25) is 19.7 Å². The molecule has 2 amide bonds. The predicted molar refractivity (Wildman–Crippen MR) is 75.7 cm³/mol. The second-order valence-corrected chi connectivity index (χ2v) is 4.86. The number of nitro groups is 1. The van der Waals surface area contributed by atoms with Crippen molar-refractivity contribution in [3.8, 4) is 0 Å². The summed E-state index contributed by atoms with van der Waals surface area (Å²) < 4.78 is 0. The van der Waals surface area contributed by atoms with E-state index >= 15 is 0 Å². The van der Waals surface area contributed by atoms with Crippen LogP contribution in [0.4, 0.5) is 11.4 Å². The van der Waals surface area contributed by atoms with Gasteiger partial charge in [0.2, 0.25) is 11.8 Å². The lowest BCUT2D eigenvalue weighted by Crippen LogP contribution is -2.51. The molecule has 0 unspecified atom stereocenters. The first-order valence-electron chi connectivity index (χ1n) is 6.39. The Morgan fingerprint density at radius 1 is 1.29 bits per heavy atom. The smallest absolute Gasteiger partial charge is 0.292 e. The maximum atomic E-state index is 11.9. The standard InChI is InChI=1S/C13H16N4O4/c1-14-10-5-9(3-4-11(10)17(20)21)6-16-8-12(18)15(2)7-13(16)19/h3-5,14H,6-8H2,1-2H3. The first kappa shape index (κ1) is 14.8. The summed E-state index contributed by atoms with van der Waals surface area (Å²) in [4.78, 5) is 36.8. The molecule has 8 nitrogen and oxygen atoms in total. The van der Waals surface area contributed by atoms with Crippen molar-refractivity contribution in [2.75, 3.05) is 32.5 Å². The van der Waals surface area contributed by atoms with Gasteiger partial charge < -0.3 is 15.1 Å². The molecule has 0 aromatic heterocycles. The Morgan fingerprint density at radius 3 is 2.62 bits per heavy atom. The molecule has 112 valence electrons. The van der Waals surface area contributed by atoms with Gasteiger partial charge in [-0.1, -0.05) is 6.07 Å². The molecule has 1 fully saturated rings. The number of rotatable bonds is 4. The molecule has 1 aromatic rings. The van der Waals surface area contributed by atoms with Crippen molar-refractivity contribution in [2.45, 2.75) is 6.54 Å². The molecule has 8 heteroatoms. The number of carbonyl (C=O) groups is 2. The number of benzene rings is 1. The Hall–Kier alpha value is -2.64. The van der Waals surface area contributed by atoms with Crippen molar-refractivity contribution in [1.82, 2.24) is 9.80 Å². The summed E-state index contributed by atoms with van der Waals surface area (Å²) >= 11 is 0. The number of nitro benzene ring substituents is 1. The number of hydrogen-bond donors (Lipinski definition) is 1. The summed E-state index contributed by atoms with van der Waals surface area (Å²) in [6.07, 6.45) is 0. The second-order valence-electron chi connectivity index (χ2n) is 4.86. The van der Waals surface area contributed by atoms with Gasteiger partial charge in [0.15, 0.2) is 0 Å². The van der Waals surface area contributed by atoms with E-state index in [1.807, 2.05) is 0 Å². The number of likely N-dealkylation sites (N-methyl/N-ethyl adjacent to an activating group) is 1.